The lowest BCUT2D eigenvalue weighted by molar-refractivity contribution is 0.308. The van der Waals surface area contributed by atoms with Crippen LogP contribution < -0.4 is 0 Å². The van der Waals surface area contributed by atoms with Crippen LogP contribution in [0.4, 0.5) is 0 Å². The van der Waals surface area contributed by atoms with Gasteiger partial charge in [0.1, 0.15) is 0 Å². The highest BCUT2D eigenvalue weighted by Crippen LogP contribution is 2.23. The summed E-state index contributed by atoms with van der Waals surface area (Å²) >= 11 is 11.8. The quantitative estimate of drug-likeness (QED) is 0.789. The van der Waals surface area contributed by atoms with Gasteiger partial charge in [-0.25, -0.2) is 0 Å². The van der Waals surface area contributed by atoms with Crippen LogP contribution in [0.5, 0.6) is 0 Å². The van der Waals surface area contributed by atoms with Crippen LogP contribution in [0.1, 0.15) is 11.1 Å². The predicted octanol–water partition coefficient (Wildman–Crippen LogP) is 4.21. The van der Waals surface area contributed by atoms with Crippen molar-refractivity contribution in [1.82, 2.24) is 0 Å². The Kier molecular flexibility index (Phi) is 4.70. The van der Waals surface area contributed by atoms with Gasteiger partial charge in [0.05, 0.1) is 11.5 Å². The fraction of sp³-hybridized carbons (Fsp3) is 0.143. The summed E-state index contributed by atoms with van der Waals surface area (Å²) in [4.78, 5) is 0.112. The maximum atomic E-state index is 12.0. The van der Waals surface area contributed by atoms with Crippen molar-refractivity contribution in [3.63, 3.8) is 0 Å². The molecule has 2 aromatic carbocycles. The van der Waals surface area contributed by atoms with Gasteiger partial charge in [0.2, 0.25) is 0 Å². The lowest BCUT2D eigenvalue weighted by atomic mass is 10.2. The second-order valence-corrected chi connectivity index (χ2v) is 6.72. The van der Waals surface area contributed by atoms with Crippen molar-refractivity contribution in [1.29, 1.82) is 0 Å². The summed E-state index contributed by atoms with van der Waals surface area (Å²) in [6.45, 7) is 1.72. The Balaban J connectivity index is 2.17. The summed E-state index contributed by atoms with van der Waals surface area (Å²) in [6, 6.07) is 11.2. The topological polar surface area (TPSA) is 43.4 Å². The highest BCUT2D eigenvalue weighted by Gasteiger charge is 2.15. The van der Waals surface area contributed by atoms with Crippen LogP contribution in [0.15, 0.2) is 47.4 Å². The van der Waals surface area contributed by atoms with Crippen molar-refractivity contribution >= 4 is 33.3 Å². The van der Waals surface area contributed by atoms with Crippen LogP contribution in [0.25, 0.3) is 0 Å². The Morgan fingerprint density at radius 3 is 2.35 bits per heavy atom. The average molecular weight is 331 g/mol. The fourth-order valence-electron chi connectivity index (χ4n) is 1.57. The number of benzene rings is 2. The first-order valence-corrected chi connectivity index (χ1v) is 7.95. The summed E-state index contributed by atoms with van der Waals surface area (Å²) in [6.07, 6.45) is 0. The van der Waals surface area contributed by atoms with Crippen LogP contribution in [0.2, 0.25) is 10.0 Å². The van der Waals surface area contributed by atoms with Crippen LogP contribution in [0.3, 0.4) is 0 Å². The van der Waals surface area contributed by atoms with E-state index >= 15 is 0 Å². The molecule has 3 nitrogen and oxygen atoms in total. The molecule has 2 rings (SSSR count). The average Bonchev–Trinajstić information content (AvgIpc) is 2.40. The molecule has 0 aromatic heterocycles. The Morgan fingerprint density at radius 1 is 1.05 bits per heavy atom. The van der Waals surface area contributed by atoms with Crippen molar-refractivity contribution in [3.05, 3.63) is 63.6 Å². The summed E-state index contributed by atoms with van der Waals surface area (Å²) < 4.78 is 29.0. The van der Waals surface area contributed by atoms with Gasteiger partial charge in [0.25, 0.3) is 10.1 Å². The van der Waals surface area contributed by atoms with E-state index in [2.05, 4.69) is 0 Å². The largest absolute Gasteiger partial charge is 0.297 e. The molecule has 2 aromatic rings. The Hall–Kier alpha value is -1.07. The first-order chi connectivity index (χ1) is 9.38. The Labute approximate surface area is 128 Å². The zero-order chi connectivity index (χ0) is 14.8. The second kappa shape index (κ2) is 6.14. The SMILES string of the molecule is Cc1ccc(S(=O)(=O)OCc2cc(Cl)ccc2Cl)cc1. The molecule has 20 heavy (non-hydrogen) atoms. The van der Waals surface area contributed by atoms with Gasteiger partial charge < -0.3 is 0 Å². The molecule has 0 N–H and O–H groups in total. The Bertz CT molecular complexity index is 710. The first kappa shape index (κ1) is 15.3. The minimum Gasteiger partial charge on any atom is -0.261 e. The smallest absolute Gasteiger partial charge is 0.261 e. The van der Waals surface area contributed by atoms with Crippen LogP contribution in [-0.4, -0.2) is 8.42 Å². The number of aryl methyl sites for hydroxylation is 1. The van der Waals surface area contributed by atoms with E-state index in [0.717, 1.165) is 5.56 Å². The van der Waals surface area contributed by atoms with Gasteiger partial charge in [0.15, 0.2) is 0 Å². The molecule has 0 bridgehead atoms. The van der Waals surface area contributed by atoms with Crippen LogP contribution in [-0.2, 0) is 20.9 Å². The molecule has 0 fully saturated rings. The van der Waals surface area contributed by atoms with Gasteiger partial charge in [-0.15, -0.1) is 0 Å². The van der Waals surface area contributed by atoms with Crippen molar-refractivity contribution in [2.75, 3.05) is 0 Å². The zero-order valence-corrected chi connectivity index (χ0v) is 13.0. The van der Waals surface area contributed by atoms with Gasteiger partial charge in [-0.2, -0.15) is 8.42 Å². The van der Waals surface area contributed by atoms with Crippen LogP contribution in [0, 0.1) is 6.92 Å². The molecule has 0 heterocycles. The second-order valence-electron chi connectivity index (χ2n) is 4.27. The van der Waals surface area contributed by atoms with Crippen molar-refractivity contribution in [2.45, 2.75) is 18.4 Å². The molecular weight excluding hydrogens is 319 g/mol. The third-order valence-corrected chi connectivity index (χ3v) is 4.57. The number of hydrogen-bond acceptors (Lipinski definition) is 3. The third kappa shape index (κ3) is 3.73. The minimum atomic E-state index is -3.81. The summed E-state index contributed by atoms with van der Waals surface area (Å²) in [5.74, 6) is 0. The highest BCUT2D eigenvalue weighted by molar-refractivity contribution is 7.86. The van der Waals surface area contributed by atoms with E-state index in [1.807, 2.05) is 6.92 Å². The molecule has 0 radical (unpaired) electrons. The highest BCUT2D eigenvalue weighted by atomic mass is 35.5. The molecule has 6 heteroatoms. The van der Waals surface area contributed by atoms with Crippen molar-refractivity contribution < 1.29 is 12.6 Å². The first-order valence-electron chi connectivity index (χ1n) is 5.78. The van der Waals surface area contributed by atoms with Gasteiger partial charge >= 0.3 is 0 Å². The van der Waals surface area contributed by atoms with Gasteiger partial charge in [-0.3, -0.25) is 4.18 Å². The molecular formula is C14H12Cl2O3S. The van der Waals surface area contributed by atoms with E-state index in [9.17, 15) is 8.42 Å². The summed E-state index contributed by atoms with van der Waals surface area (Å²) in [5, 5.41) is 0.884. The fourth-order valence-corrected chi connectivity index (χ4v) is 2.82. The maximum absolute atomic E-state index is 12.0. The maximum Gasteiger partial charge on any atom is 0.297 e. The lowest BCUT2D eigenvalue weighted by Gasteiger charge is -2.08. The predicted molar refractivity (Wildman–Crippen MR) is 79.6 cm³/mol. The normalized spacial score (nSPS) is 11.6. The van der Waals surface area contributed by atoms with Crippen molar-refractivity contribution in [2.24, 2.45) is 0 Å². The monoisotopic (exact) mass is 330 g/mol. The van der Waals surface area contributed by atoms with E-state index in [4.69, 9.17) is 27.4 Å². The molecule has 0 aliphatic carbocycles. The molecule has 0 aliphatic rings. The number of rotatable bonds is 4. The zero-order valence-electron chi connectivity index (χ0n) is 10.6. The number of hydrogen-bond donors (Lipinski definition) is 0. The molecule has 0 saturated carbocycles. The van der Waals surface area contributed by atoms with E-state index in [1.54, 1.807) is 30.3 Å². The standard InChI is InChI=1S/C14H12Cl2O3S/c1-10-2-5-13(6-3-10)20(17,18)19-9-11-8-12(15)4-7-14(11)16/h2-8H,9H2,1H3. The minimum absolute atomic E-state index is 0.112. The van der Waals surface area contributed by atoms with E-state index in [1.165, 1.54) is 12.1 Å². The molecule has 0 aliphatic heterocycles. The van der Waals surface area contributed by atoms with Crippen LogP contribution >= 0.6 is 23.2 Å². The molecule has 106 valence electrons. The summed E-state index contributed by atoms with van der Waals surface area (Å²) in [5.41, 5.74) is 1.50. The lowest BCUT2D eigenvalue weighted by Crippen LogP contribution is -2.06. The van der Waals surface area contributed by atoms with Gasteiger partial charge in [-0.1, -0.05) is 40.9 Å². The van der Waals surface area contributed by atoms with Crippen molar-refractivity contribution in [3.8, 4) is 0 Å². The molecule has 0 unspecified atom stereocenters. The third-order valence-electron chi connectivity index (χ3n) is 2.69. The molecule has 0 saturated heterocycles. The van der Waals surface area contributed by atoms with Gasteiger partial charge in [-0.05, 0) is 42.8 Å². The molecule has 0 amide bonds. The molecule has 0 atom stereocenters. The van der Waals surface area contributed by atoms with E-state index in [-0.39, 0.29) is 11.5 Å². The number of halogens is 2. The molecule has 0 spiro atoms. The Morgan fingerprint density at radius 2 is 1.70 bits per heavy atom. The van der Waals surface area contributed by atoms with E-state index in [0.29, 0.717) is 15.6 Å². The summed E-state index contributed by atoms with van der Waals surface area (Å²) in [7, 11) is -3.81. The van der Waals surface area contributed by atoms with E-state index < -0.39 is 10.1 Å². The van der Waals surface area contributed by atoms with Gasteiger partial charge in [0, 0.05) is 10.0 Å².